The number of hydrogen-bond acceptors (Lipinski definition) is 6. The number of hydrogen-bond donors (Lipinski definition) is 1. The average Bonchev–Trinajstić information content (AvgIpc) is 2.97. The van der Waals surface area contributed by atoms with Gasteiger partial charge in [0.1, 0.15) is 0 Å². The van der Waals surface area contributed by atoms with Gasteiger partial charge in [0, 0.05) is 12.1 Å². The predicted octanol–water partition coefficient (Wildman–Crippen LogP) is 4.24. The zero-order chi connectivity index (χ0) is 17.1. The monoisotopic (exact) mass is 359 g/mol. The van der Waals surface area contributed by atoms with Crippen LogP contribution >= 0.6 is 23.1 Å². The number of anilines is 1. The molecule has 2 aromatic carbocycles. The first kappa shape index (κ1) is 16.4. The molecule has 0 aliphatic carbocycles. The highest BCUT2D eigenvalue weighted by molar-refractivity contribution is 8.01. The standard InChI is InChI=1S/C16H13N3O3S2/c1-10-6-7-11(19(21)22)8-13(10)17-15(20)9-23-16-18-12-4-2-3-5-14(12)24-16/h2-8H,9H2,1H3,(H,17,20). The van der Waals surface area contributed by atoms with Crippen LogP contribution in [0.4, 0.5) is 11.4 Å². The van der Waals surface area contributed by atoms with Crippen molar-refractivity contribution in [2.24, 2.45) is 0 Å². The normalized spacial score (nSPS) is 10.7. The number of nitrogens with one attached hydrogen (secondary N) is 1. The highest BCUT2D eigenvalue weighted by Crippen LogP contribution is 2.29. The molecule has 3 rings (SSSR count). The number of aryl methyl sites for hydroxylation is 1. The molecule has 0 aliphatic rings. The lowest BCUT2D eigenvalue weighted by Crippen LogP contribution is -2.15. The molecule has 6 nitrogen and oxygen atoms in total. The molecule has 1 N–H and O–H groups in total. The van der Waals surface area contributed by atoms with Gasteiger partial charge in [-0.25, -0.2) is 4.98 Å². The topological polar surface area (TPSA) is 85.1 Å². The number of carbonyl (C=O) groups excluding carboxylic acids is 1. The maximum absolute atomic E-state index is 12.1. The van der Waals surface area contributed by atoms with E-state index in [1.54, 1.807) is 13.0 Å². The highest BCUT2D eigenvalue weighted by Gasteiger charge is 2.12. The summed E-state index contributed by atoms with van der Waals surface area (Å²) in [5, 5.41) is 13.6. The lowest BCUT2D eigenvalue weighted by Gasteiger charge is -2.07. The van der Waals surface area contributed by atoms with Crippen molar-refractivity contribution >= 4 is 50.6 Å². The summed E-state index contributed by atoms with van der Waals surface area (Å²) in [5.74, 6) is -0.0232. The van der Waals surface area contributed by atoms with E-state index in [0.717, 1.165) is 20.1 Å². The molecule has 1 aromatic heterocycles. The Kier molecular flexibility index (Phi) is 4.77. The zero-order valence-corrected chi connectivity index (χ0v) is 14.3. The summed E-state index contributed by atoms with van der Waals surface area (Å²) in [6.07, 6.45) is 0. The Balaban J connectivity index is 1.65. The summed E-state index contributed by atoms with van der Waals surface area (Å²) in [4.78, 5) is 26.9. The first-order valence-electron chi connectivity index (χ1n) is 7.06. The minimum atomic E-state index is -0.481. The molecule has 0 fully saturated rings. The number of amides is 1. The van der Waals surface area contributed by atoms with Crippen molar-refractivity contribution in [2.45, 2.75) is 11.3 Å². The molecule has 0 aliphatic heterocycles. The van der Waals surface area contributed by atoms with Crippen molar-refractivity contribution in [1.82, 2.24) is 4.98 Å². The third-order valence-corrected chi connectivity index (χ3v) is 5.49. The molecule has 0 atom stereocenters. The van der Waals surface area contributed by atoms with E-state index >= 15 is 0 Å². The Hall–Kier alpha value is -2.45. The number of nitro benzene ring substituents is 1. The second kappa shape index (κ2) is 6.98. The van der Waals surface area contributed by atoms with Gasteiger partial charge in [0.05, 0.1) is 26.6 Å². The zero-order valence-electron chi connectivity index (χ0n) is 12.7. The molecular weight excluding hydrogens is 346 g/mol. The van der Waals surface area contributed by atoms with Gasteiger partial charge in [-0.2, -0.15) is 0 Å². The third kappa shape index (κ3) is 3.72. The van der Waals surface area contributed by atoms with Crippen LogP contribution in [0.3, 0.4) is 0 Å². The van der Waals surface area contributed by atoms with E-state index in [0.29, 0.717) is 5.69 Å². The number of fused-ring (bicyclic) bond motifs is 1. The minimum absolute atomic E-state index is 0.0465. The largest absolute Gasteiger partial charge is 0.325 e. The number of rotatable bonds is 5. The van der Waals surface area contributed by atoms with Gasteiger partial charge in [0.25, 0.3) is 5.69 Å². The van der Waals surface area contributed by atoms with Crippen LogP contribution in [0.15, 0.2) is 46.8 Å². The number of thioether (sulfide) groups is 1. The molecule has 1 amide bonds. The summed E-state index contributed by atoms with van der Waals surface area (Å²) in [5.41, 5.74) is 2.10. The van der Waals surface area contributed by atoms with E-state index in [1.807, 2.05) is 24.3 Å². The maximum atomic E-state index is 12.1. The van der Waals surface area contributed by atoms with Crippen LogP contribution in [0.1, 0.15) is 5.56 Å². The second-order valence-electron chi connectivity index (χ2n) is 5.04. The molecule has 1 heterocycles. The molecule has 0 saturated heterocycles. The number of nitrogens with zero attached hydrogens (tertiary/aromatic N) is 2. The fourth-order valence-corrected chi connectivity index (χ4v) is 3.95. The highest BCUT2D eigenvalue weighted by atomic mass is 32.2. The Labute approximate surface area is 146 Å². The first-order valence-corrected chi connectivity index (χ1v) is 8.86. The Morgan fingerprint density at radius 1 is 1.33 bits per heavy atom. The van der Waals surface area contributed by atoms with Crippen molar-refractivity contribution < 1.29 is 9.72 Å². The molecule has 0 spiro atoms. The van der Waals surface area contributed by atoms with Crippen LogP contribution in [0, 0.1) is 17.0 Å². The quantitative estimate of drug-likeness (QED) is 0.418. The molecular formula is C16H13N3O3S2. The van der Waals surface area contributed by atoms with Crippen LogP contribution in [0.25, 0.3) is 10.2 Å². The number of thiazole rings is 1. The van der Waals surface area contributed by atoms with E-state index in [4.69, 9.17) is 0 Å². The molecule has 8 heteroatoms. The van der Waals surface area contributed by atoms with Gasteiger partial charge in [-0.05, 0) is 24.6 Å². The van der Waals surface area contributed by atoms with Crippen LogP contribution in [-0.2, 0) is 4.79 Å². The molecule has 3 aromatic rings. The molecule has 0 bridgehead atoms. The van der Waals surface area contributed by atoms with Crippen molar-refractivity contribution in [3.8, 4) is 0 Å². The van der Waals surface area contributed by atoms with Crippen LogP contribution in [0.2, 0.25) is 0 Å². The fourth-order valence-electron chi connectivity index (χ4n) is 2.08. The van der Waals surface area contributed by atoms with Crippen molar-refractivity contribution in [1.29, 1.82) is 0 Å². The summed E-state index contributed by atoms with van der Waals surface area (Å²) < 4.78 is 1.90. The molecule has 0 saturated carbocycles. The summed E-state index contributed by atoms with van der Waals surface area (Å²) in [7, 11) is 0. The van der Waals surface area contributed by atoms with Gasteiger partial charge in [-0.1, -0.05) is 30.0 Å². The van der Waals surface area contributed by atoms with Crippen LogP contribution in [-0.4, -0.2) is 21.6 Å². The van der Waals surface area contributed by atoms with Crippen LogP contribution < -0.4 is 5.32 Å². The molecule has 122 valence electrons. The van der Waals surface area contributed by atoms with Gasteiger partial charge in [-0.15, -0.1) is 11.3 Å². The Morgan fingerprint density at radius 2 is 2.12 bits per heavy atom. The summed E-state index contributed by atoms with van der Waals surface area (Å²) in [6.45, 7) is 1.79. The van der Waals surface area contributed by atoms with Gasteiger partial charge >= 0.3 is 0 Å². The van der Waals surface area contributed by atoms with Crippen LogP contribution in [0.5, 0.6) is 0 Å². The molecule has 0 unspecified atom stereocenters. The maximum Gasteiger partial charge on any atom is 0.271 e. The lowest BCUT2D eigenvalue weighted by molar-refractivity contribution is -0.384. The average molecular weight is 359 g/mol. The van der Waals surface area contributed by atoms with E-state index in [-0.39, 0.29) is 17.3 Å². The number of aromatic nitrogens is 1. The summed E-state index contributed by atoms with van der Waals surface area (Å²) in [6, 6.07) is 12.2. The smallest absolute Gasteiger partial charge is 0.271 e. The van der Waals surface area contributed by atoms with Gasteiger partial charge in [0.15, 0.2) is 4.34 Å². The first-order chi connectivity index (χ1) is 11.5. The Morgan fingerprint density at radius 3 is 2.88 bits per heavy atom. The predicted molar refractivity (Wildman–Crippen MR) is 96.8 cm³/mol. The number of carbonyl (C=O) groups is 1. The fraction of sp³-hybridized carbons (Fsp3) is 0.125. The number of non-ortho nitro benzene ring substituents is 1. The Bertz CT molecular complexity index is 891. The number of para-hydroxylation sites is 1. The number of benzene rings is 2. The second-order valence-corrected chi connectivity index (χ2v) is 7.29. The van der Waals surface area contributed by atoms with Gasteiger partial charge in [-0.3, -0.25) is 14.9 Å². The number of nitro groups is 1. The van der Waals surface area contributed by atoms with Gasteiger partial charge < -0.3 is 5.32 Å². The molecule has 24 heavy (non-hydrogen) atoms. The molecule has 0 radical (unpaired) electrons. The summed E-state index contributed by atoms with van der Waals surface area (Å²) >= 11 is 2.89. The SMILES string of the molecule is Cc1ccc([N+](=O)[O-])cc1NC(=O)CSc1nc2ccccc2s1. The van der Waals surface area contributed by atoms with E-state index in [1.165, 1.54) is 35.2 Å². The van der Waals surface area contributed by atoms with Crippen molar-refractivity contribution in [2.75, 3.05) is 11.1 Å². The van der Waals surface area contributed by atoms with E-state index in [2.05, 4.69) is 10.3 Å². The minimum Gasteiger partial charge on any atom is -0.325 e. The van der Waals surface area contributed by atoms with E-state index in [9.17, 15) is 14.9 Å². The van der Waals surface area contributed by atoms with Crippen molar-refractivity contribution in [3.63, 3.8) is 0 Å². The van der Waals surface area contributed by atoms with Crippen molar-refractivity contribution in [3.05, 3.63) is 58.1 Å². The lowest BCUT2D eigenvalue weighted by atomic mass is 10.2. The van der Waals surface area contributed by atoms with Gasteiger partial charge in [0.2, 0.25) is 5.91 Å². The van der Waals surface area contributed by atoms with E-state index < -0.39 is 4.92 Å². The third-order valence-electron chi connectivity index (χ3n) is 3.31.